The molecule has 2 amide bonds. The van der Waals surface area contributed by atoms with Gasteiger partial charge in [-0.3, -0.25) is 9.59 Å². The lowest BCUT2D eigenvalue weighted by Crippen LogP contribution is -2.49. The SMILES string of the molecule is CC(C)C[C@@H](NC(=O)C1CCCCC1)C(=O)N[C@@H](C)c1ccccc1. The summed E-state index contributed by atoms with van der Waals surface area (Å²) in [6, 6.07) is 9.37. The fraction of sp³-hybridized carbons (Fsp3) is 0.619. The van der Waals surface area contributed by atoms with E-state index in [1.54, 1.807) is 0 Å². The van der Waals surface area contributed by atoms with Crippen molar-refractivity contribution in [1.82, 2.24) is 10.6 Å². The van der Waals surface area contributed by atoms with E-state index in [0.717, 1.165) is 31.2 Å². The zero-order valence-corrected chi connectivity index (χ0v) is 15.8. The normalized spacial score (nSPS) is 17.8. The molecule has 1 fully saturated rings. The highest BCUT2D eigenvalue weighted by Gasteiger charge is 2.27. The predicted octanol–water partition coefficient (Wildman–Crippen LogP) is 3.98. The fourth-order valence-electron chi connectivity index (χ4n) is 3.50. The van der Waals surface area contributed by atoms with Crippen LogP contribution >= 0.6 is 0 Å². The average molecular weight is 344 g/mol. The molecule has 1 aromatic rings. The second kappa shape index (κ2) is 9.59. The van der Waals surface area contributed by atoms with Crippen LogP contribution in [0.1, 0.15) is 70.9 Å². The lowest BCUT2D eigenvalue weighted by Gasteiger charge is -2.26. The third-order valence-corrected chi connectivity index (χ3v) is 4.97. The molecular formula is C21H32N2O2. The van der Waals surface area contributed by atoms with Crippen molar-refractivity contribution in [1.29, 1.82) is 0 Å². The lowest BCUT2D eigenvalue weighted by atomic mass is 9.88. The van der Waals surface area contributed by atoms with Crippen LogP contribution in [0.3, 0.4) is 0 Å². The minimum atomic E-state index is -0.458. The van der Waals surface area contributed by atoms with E-state index in [0.29, 0.717) is 12.3 Å². The molecule has 0 aliphatic heterocycles. The number of carbonyl (C=O) groups is 2. The van der Waals surface area contributed by atoms with Gasteiger partial charge in [-0.05, 0) is 37.7 Å². The van der Waals surface area contributed by atoms with Crippen molar-refractivity contribution in [2.45, 2.75) is 71.4 Å². The van der Waals surface area contributed by atoms with Crippen LogP contribution in [0.25, 0.3) is 0 Å². The molecule has 1 aromatic carbocycles. The Bertz CT molecular complexity index is 550. The highest BCUT2D eigenvalue weighted by Crippen LogP contribution is 2.24. The molecule has 4 nitrogen and oxygen atoms in total. The Hall–Kier alpha value is -1.84. The van der Waals surface area contributed by atoms with Gasteiger partial charge < -0.3 is 10.6 Å². The molecule has 0 unspecified atom stereocenters. The third kappa shape index (κ3) is 6.18. The van der Waals surface area contributed by atoms with Gasteiger partial charge in [-0.1, -0.05) is 63.4 Å². The van der Waals surface area contributed by atoms with Gasteiger partial charge in [0.2, 0.25) is 11.8 Å². The number of amides is 2. The maximum atomic E-state index is 12.8. The van der Waals surface area contributed by atoms with Gasteiger partial charge in [0.15, 0.2) is 0 Å². The summed E-state index contributed by atoms with van der Waals surface area (Å²) in [5, 5.41) is 6.08. The van der Waals surface area contributed by atoms with Crippen molar-refractivity contribution < 1.29 is 9.59 Å². The Morgan fingerprint density at radius 1 is 1.00 bits per heavy atom. The first-order valence-electron chi connectivity index (χ1n) is 9.63. The standard InChI is InChI=1S/C21H32N2O2/c1-15(2)14-19(23-20(24)18-12-8-5-9-13-18)21(25)22-16(3)17-10-6-4-7-11-17/h4,6-7,10-11,15-16,18-19H,5,8-9,12-14H2,1-3H3,(H,22,25)(H,23,24)/t16-,19+/m0/s1. The molecule has 0 radical (unpaired) electrons. The first-order chi connectivity index (χ1) is 12.0. The first-order valence-corrected chi connectivity index (χ1v) is 9.63. The number of nitrogens with one attached hydrogen (secondary N) is 2. The minimum Gasteiger partial charge on any atom is -0.348 e. The maximum Gasteiger partial charge on any atom is 0.243 e. The maximum absolute atomic E-state index is 12.8. The van der Waals surface area contributed by atoms with Crippen LogP contribution in [0.4, 0.5) is 0 Å². The molecule has 0 aromatic heterocycles. The van der Waals surface area contributed by atoms with Crippen molar-refractivity contribution in [3.05, 3.63) is 35.9 Å². The van der Waals surface area contributed by atoms with Gasteiger partial charge in [-0.15, -0.1) is 0 Å². The third-order valence-electron chi connectivity index (χ3n) is 4.97. The number of rotatable bonds is 7. The van der Waals surface area contributed by atoms with Crippen LogP contribution in [-0.4, -0.2) is 17.9 Å². The van der Waals surface area contributed by atoms with Crippen molar-refractivity contribution in [3.8, 4) is 0 Å². The van der Waals surface area contributed by atoms with Gasteiger partial charge in [0.1, 0.15) is 6.04 Å². The summed E-state index contributed by atoms with van der Waals surface area (Å²) in [7, 11) is 0. The van der Waals surface area contributed by atoms with Gasteiger partial charge >= 0.3 is 0 Å². The molecule has 2 rings (SSSR count). The molecule has 2 atom stereocenters. The van der Waals surface area contributed by atoms with Crippen molar-refractivity contribution in [3.63, 3.8) is 0 Å². The van der Waals surface area contributed by atoms with Gasteiger partial charge in [0.25, 0.3) is 0 Å². The smallest absolute Gasteiger partial charge is 0.243 e. The summed E-state index contributed by atoms with van der Waals surface area (Å²) in [4.78, 5) is 25.3. The molecule has 4 heteroatoms. The largest absolute Gasteiger partial charge is 0.348 e. The van der Waals surface area contributed by atoms with Crippen molar-refractivity contribution in [2.24, 2.45) is 11.8 Å². The molecule has 138 valence electrons. The first kappa shape index (κ1) is 19.5. The molecule has 2 N–H and O–H groups in total. The summed E-state index contributed by atoms with van der Waals surface area (Å²) in [5.74, 6) is 0.374. The van der Waals surface area contributed by atoms with Gasteiger partial charge in [-0.25, -0.2) is 0 Å². The van der Waals surface area contributed by atoms with E-state index in [-0.39, 0.29) is 23.8 Å². The van der Waals surface area contributed by atoms with E-state index >= 15 is 0 Å². The Kier molecular flexibility index (Phi) is 7.48. The Labute approximate surface area is 151 Å². The van der Waals surface area contributed by atoms with E-state index in [1.165, 1.54) is 6.42 Å². The molecule has 0 heterocycles. The number of hydrogen-bond acceptors (Lipinski definition) is 2. The summed E-state index contributed by atoms with van der Waals surface area (Å²) in [6.45, 7) is 6.13. The van der Waals surface area contributed by atoms with Gasteiger partial charge in [0.05, 0.1) is 6.04 Å². The minimum absolute atomic E-state index is 0.0489. The Balaban J connectivity index is 1.97. The molecule has 1 aliphatic carbocycles. The van der Waals surface area contributed by atoms with E-state index < -0.39 is 6.04 Å². The summed E-state index contributed by atoms with van der Waals surface area (Å²) in [5.41, 5.74) is 1.07. The topological polar surface area (TPSA) is 58.2 Å². The van der Waals surface area contributed by atoms with Crippen LogP contribution in [0, 0.1) is 11.8 Å². The van der Waals surface area contributed by atoms with Crippen LogP contribution in [0.15, 0.2) is 30.3 Å². The van der Waals surface area contributed by atoms with Crippen LogP contribution in [0.2, 0.25) is 0 Å². The monoisotopic (exact) mass is 344 g/mol. The second-order valence-corrected chi connectivity index (χ2v) is 7.67. The summed E-state index contributed by atoms with van der Waals surface area (Å²) >= 11 is 0. The Morgan fingerprint density at radius 3 is 2.24 bits per heavy atom. The van der Waals surface area contributed by atoms with Gasteiger partial charge in [0, 0.05) is 5.92 Å². The number of benzene rings is 1. The van der Waals surface area contributed by atoms with Crippen LogP contribution in [0.5, 0.6) is 0 Å². The molecule has 1 saturated carbocycles. The summed E-state index contributed by atoms with van der Waals surface area (Å²) in [6.07, 6.45) is 6.00. The predicted molar refractivity (Wildman–Crippen MR) is 101 cm³/mol. The van der Waals surface area contributed by atoms with E-state index in [1.807, 2.05) is 37.3 Å². The molecule has 1 aliphatic rings. The lowest BCUT2D eigenvalue weighted by molar-refractivity contribution is -0.132. The fourth-order valence-corrected chi connectivity index (χ4v) is 3.50. The number of hydrogen-bond donors (Lipinski definition) is 2. The molecule has 25 heavy (non-hydrogen) atoms. The second-order valence-electron chi connectivity index (χ2n) is 7.67. The number of carbonyl (C=O) groups excluding carboxylic acids is 2. The highest BCUT2D eigenvalue weighted by molar-refractivity contribution is 5.88. The molecule has 0 spiro atoms. The zero-order chi connectivity index (χ0) is 18.2. The summed E-state index contributed by atoms with van der Waals surface area (Å²) < 4.78 is 0. The molecule has 0 saturated heterocycles. The van der Waals surface area contributed by atoms with E-state index in [2.05, 4.69) is 24.5 Å². The highest BCUT2D eigenvalue weighted by atomic mass is 16.2. The van der Waals surface area contributed by atoms with Crippen molar-refractivity contribution >= 4 is 11.8 Å². The quantitative estimate of drug-likeness (QED) is 0.786. The Morgan fingerprint density at radius 2 is 1.64 bits per heavy atom. The zero-order valence-electron chi connectivity index (χ0n) is 15.8. The average Bonchev–Trinajstić information content (AvgIpc) is 2.62. The van der Waals surface area contributed by atoms with E-state index in [4.69, 9.17) is 0 Å². The molecular weight excluding hydrogens is 312 g/mol. The van der Waals surface area contributed by atoms with Crippen LogP contribution < -0.4 is 10.6 Å². The van der Waals surface area contributed by atoms with Gasteiger partial charge in [-0.2, -0.15) is 0 Å². The molecule has 0 bridgehead atoms. The van der Waals surface area contributed by atoms with Crippen molar-refractivity contribution in [2.75, 3.05) is 0 Å². The van der Waals surface area contributed by atoms with E-state index in [9.17, 15) is 9.59 Å². The van der Waals surface area contributed by atoms with Crippen LogP contribution in [-0.2, 0) is 9.59 Å².